The van der Waals surface area contributed by atoms with Gasteiger partial charge < -0.3 is 10.3 Å². The van der Waals surface area contributed by atoms with E-state index in [9.17, 15) is 9.59 Å². The average Bonchev–Trinajstić information content (AvgIpc) is 2.37. The van der Waals surface area contributed by atoms with E-state index < -0.39 is 11.5 Å². The number of hydrogen-bond donors (Lipinski definition) is 2. The van der Waals surface area contributed by atoms with Crippen LogP contribution in [0.3, 0.4) is 0 Å². The fourth-order valence-corrected chi connectivity index (χ4v) is 1.92. The third-order valence-corrected chi connectivity index (χ3v) is 3.07. The molecule has 2 rings (SSSR count). The van der Waals surface area contributed by atoms with Crippen LogP contribution in [-0.2, 0) is 5.41 Å². The summed E-state index contributed by atoms with van der Waals surface area (Å²) in [5, 5.41) is 2.70. The van der Waals surface area contributed by atoms with Crippen LogP contribution < -0.4 is 10.9 Å². The van der Waals surface area contributed by atoms with Gasteiger partial charge in [0, 0.05) is 11.1 Å². The second-order valence-electron chi connectivity index (χ2n) is 5.95. The topological polar surface area (TPSA) is 74.8 Å². The molecular formula is C16H19N3O2. The number of nitrogens with one attached hydrogen (secondary N) is 2. The largest absolute Gasteiger partial charge is 0.322 e. The van der Waals surface area contributed by atoms with Gasteiger partial charge in [-0.15, -0.1) is 0 Å². The Balaban J connectivity index is 2.37. The first-order chi connectivity index (χ1) is 9.79. The van der Waals surface area contributed by atoms with E-state index in [-0.39, 0.29) is 11.0 Å². The van der Waals surface area contributed by atoms with Crippen LogP contribution in [0.15, 0.2) is 35.1 Å². The number of carbonyl (C=O) groups excluding carboxylic acids is 1. The lowest BCUT2D eigenvalue weighted by atomic mass is 9.95. The second-order valence-corrected chi connectivity index (χ2v) is 5.95. The van der Waals surface area contributed by atoms with Gasteiger partial charge >= 0.3 is 0 Å². The molecule has 0 bridgehead atoms. The third kappa shape index (κ3) is 3.37. The fraction of sp³-hybridized carbons (Fsp3) is 0.312. The van der Waals surface area contributed by atoms with Crippen molar-refractivity contribution in [3.8, 4) is 0 Å². The Morgan fingerprint density at radius 3 is 2.33 bits per heavy atom. The highest BCUT2D eigenvalue weighted by molar-refractivity contribution is 6.04. The number of H-pyrrole nitrogens is 1. The van der Waals surface area contributed by atoms with Gasteiger partial charge in [0.05, 0.1) is 5.69 Å². The second kappa shape index (κ2) is 5.52. The third-order valence-electron chi connectivity index (χ3n) is 3.07. The molecule has 21 heavy (non-hydrogen) atoms. The van der Waals surface area contributed by atoms with Crippen molar-refractivity contribution < 1.29 is 4.79 Å². The van der Waals surface area contributed by atoms with E-state index in [1.807, 2.05) is 39.0 Å². The fourth-order valence-electron chi connectivity index (χ4n) is 1.92. The number of aryl methyl sites for hydroxylation is 1. The van der Waals surface area contributed by atoms with Gasteiger partial charge in [0.1, 0.15) is 11.4 Å². The maximum Gasteiger partial charge on any atom is 0.264 e. The Hall–Kier alpha value is -2.43. The van der Waals surface area contributed by atoms with Crippen molar-refractivity contribution in [3.63, 3.8) is 0 Å². The smallest absolute Gasteiger partial charge is 0.264 e. The normalized spacial score (nSPS) is 11.2. The predicted octanol–water partition coefficient (Wildman–Crippen LogP) is 2.63. The number of amides is 1. The molecule has 0 aliphatic carbocycles. The van der Waals surface area contributed by atoms with Crippen LogP contribution in [0.1, 0.15) is 42.6 Å². The van der Waals surface area contributed by atoms with Crippen LogP contribution in [0.25, 0.3) is 0 Å². The minimum Gasteiger partial charge on any atom is -0.322 e. The molecule has 0 spiro atoms. The Kier molecular flexibility index (Phi) is 3.93. The number of aromatic nitrogens is 2. The molecule has 0 unspecified atom stereocenters. The predicted molar refractivity (Wildman–Crippen MR) is 82.7 cm³/mol. The van der Waals surface area contributed by atoms with E-state index in [1.54, 1.807) is 19.1 Å². The summed E-state index contributed by atoms with van der Waals surface area (Å²) in [6.07, 6.45) is 0. The molecule has 0 saturated carbocycles. The lowest BCUT2D eigenvalue weighted by molar-refractivity contribution is 0.102. The number of benzene rings is 1. The monoisotopic (exact) mass is 285 g/mol. The summed E-state index contributed by atoms with van der Waals surface area (Å²) < 4.78 is 0. The molecule has 0 aliphatic heterocycles. The maximum atomic E-state index is 12.2. The molecular weight excluding hydrogens is 266 g/mol. The summed E-state index contributed by atoms with van der Waals surface area (Å²) in [6, 6.07) is 9.01. The molecule has 1 heterocycles. The molecule has 0 aliphatic rings. The highest BCUT2D eigenvalue weighted by atomic mass is 16.2. The van der Waals surface area contributed by atoms with Crippen LogP contribution in [0.4, 0.5) is 5.69 Å². The maximum absolute atomic E-state index is 12.2. The first-order valence-corrected chi connectivity index (χ1v) is 6.77. The van der Waals surface area contributed by atoms with E-state index >= 15 is 0 Å². The lowest BCUT2D eigenvalue weighted by Crippen LogP contribution is -2.30. The Bertz CT molecular complexity index is 713. The number of rotatable bonds is 2. The molecule has 5 nitrogen and oxygen atoms in total. The highest BCUT2D eigenvalue weighted by Crippen LogP contribution is 2.17. The molecule has 2 N–H and O–H groups in total. The van der Waals surface area contributed by atoms with Crippen molar-refractivity contribution in [1.29, 1.82) is 0 Å². The van der Waals surface area contributed by atoms with Gasteiger partial charge in [-0.25, -0.2) is 4.98 Å². The van der Waals surface area contributed by atoms with Crippen molar-refractivity contribution >= 4 is 11.6 Å². The summed E-state index contributed by atoms with van der Waals surface area (Å²) in [5.41, 5.74) is 0.421. The Labute approximate surface area is 123 Å². The summed E-state index contributed by atoms with van der Waals surface area (Å²) in [6.45, 7) is 7.53. The molecule has 1 amide bonds. The van der Waals surface area contributed by atoms with E-state index in [0.29, 0.717) is 17.2 Å². The zero-order valence-electron chi connectivity index (χ0n) is 12.7. The summed E-state index contributed by atoms with van der Waals surface area (Å²) in [4.78, 5) is 31.5. The van der Waals surface area contributed by atoms with Gasteiger partial charge in [0.2, 0.25) is 0 Å². The number of nitrogens with zero attached hydrogens (tertiary/aromatic N) is 1. The van der Waals surface area contributed by atoms with E-state index in [0.717, 1.165) is 0 Å². The van der Waals surface area contributed by atoms with Crippen LogP contribution in [0, 0.1) is 6.92 Å². The Morgan fingerprint density at radius 1 is 1.19 bits per heavy atom. The zero-order chi connectivity index (χ0) is 15.6. The molecule has 0 atom stereocenters. The molecule has 0 radical (unpaired) electrons. The number of para-hydroxylation sites is 1. The zero-order valence-corrected chi connectivity index (χ0v) is 12.7. The first kappa shape index (κ1) is 15.0. The van der Waals surface area contributed by atoms with E-state index in [4.69, 9.17) is 0 Å². The Morgan fingerprint density at radius 2 is 1.81 bits per heavy atom. The highest BCUT2D eigenvalue weighted by Gasteiger charge is 2.22. The number of anilines is 1. The van der Waals surface area contributed by atoms with Gasteiger partial charge in [0.15, 0.2) is 0 Å². The molecule has 2 aromatic rings. The van der Waals surface area contributed by atoms with Gasteiger partial charge in [0.25, 0.3) is 11.5 Å². The van der Waals surface area contributed by atoms with Crippen LogP contribution >= 0.6 is 0 Å². The van der Waals surface area contributed by atoms with E-state index in [2.05, 4.69) is 15.3 Å². The minimum atomic E-state index is -0.451. The number of aromatic amines is 1. The molecule has 0 saturated heterocycles. The molecule has 1 aromatic carbocycles. The first-order valence-electron chi connectivity index (χ1n) is 6.77. The average molecular weight is 285 g/mol. The summed E-state index contributed by atoms with van der Waals surface area (Å²) in [7, 11) is 0. The minimum absolute atomic E-state index is 0.0480. The number of hydrogen-bond acceptors (Lipinski definition) is 3. The van der Waals surface area contributed by atoms with Crippen molar-refractivity contribution in [1.82, 2.24) is 9.97 Å². The van der Waals surface area contributed by atoms with E-state index in [1.165, 1.54) is 0 Å². The van der Waals surface area contributed by atoms with Crippen LogP contribution in [0.2, 0.25) is 0 Å². The van der Waals surface area contributed by atoms with Crippen molar-refractivity contribution in [3.05, 3.63) is 57.8 Å². The SMILES string of the molecule is Cc1nc(C(C)(C)C)[nH]c(=O)c1C(=O)Nc1ccccc1. The van der Waals surface area contributed by atoms with Crippen molar-refractivity contribution in [2.24, 2.45) is 0 Å². The molecule has 0 fully saturated rings. The van der Waals surface area contributed by atoms with Crippen LogP contribution in [-0.4, -0.2) is 15.9 Å². The van der Waals surface area contributed by atoms with Crippen LogP contribution in [0.5, 0.6) is 0 Å². The van der Waals surface area contributed by atoms with Gasteiger partial charge in [-0.2, -0.15) is 0 Å². The molecule has 5 heteroatoms. The standard InChI is InChI=1S/C16H19N3O2/c1-10-12(13(20)18-11-8-6-5-7-9-11)14(21)19-15(17-10)16(2,3)4/h5-9H,1-4H3,(H,18,20)(H,17,19,21). The van der Waals surface area contributed by atoms with Crippen molar-refractivity contribution in [2.45, 2.75) is 33.1 Å². The van der Waals surface area contributed by atoms with Gasteiger partial charge in [-0.3, -0.25) is 9.59 Å². The lowest BCUT2D eigenvalue weighted by Gasteiger charge is -2.18. The summed E-state index contributed by atoms with van der Waals surface area (Å²) >= 11 is 0. The quantitative estimate of drug-likeness (QED) is 0.890. The van der Waals surface area contributed by atoms with Gasteiger partial charge in [-0.05, 0) is 19.1 Å². The number of carbonyl (C=O) groups is 1. The molecule has 110 valence electrons. The molecule has 1 aromatic heterocycles. The summed E-state index contributed by atoms with van der Waals surface area (Å²) in [5.74, 6) is 0.120. The van der Waals surface area contributed by atoms with Gasteiger partial charge in [-0.1, -0.05) is 39.0 Å². The van der Waals surface area contributed by atoms with Crippen molar-refractivity contribution in [2.75, 3.05) is 5.32 Å².